The van der Waals surface area contributed by atoms with Crippen molar-refractivity contribution in [1.82, 2.24) is 0 Å². The number of hydrogen-bond donors (Lipinski definition) is 2. The third kappa shape index (κ3) is 5.14. The average molecular weight is 279 g/mol. The van der Waals surface area contributed by atoms with E-state index in [0.717, 1.165) is 25.2 Å². The van der Waals surface area contributed by atoms with Crippen LogP contribution in [0.4, 0.5) is 0 Å². The molecule has 2 unspecified atom stereocenters. The zero-order chi connectivity index (χ0) is 15.0. The van der Waals surface area contributed by atoms with Crippen LogP contribution < -0.4 is 10.5 Å². The number of aliphatic hydroxyl groups excluding tert-OH is 1. The summed E-state index contributed by atoms with van der Waals surface area (Å²) in [6.45, 7) is 7.89. The Morgan fingerprint density at radius 1 is 1.25 bits per heavy atom. The Kier molecular flexibility index (Phi) is 7.63. The van der Waals surface area contributed by atoms with E-state index in [2.05, 4.69) is 32.9 Å². The summed E-state index contributed by atoms with van der Waals surface area (Å²) in [5, 5.41) is 9.35. The van der Waals surface area contributed by atoms with Gasteiger partial charge < -0.3 is 15.6 Å². The number of nitrogens with two attached hydrogens (primary N) is 1. The molecular formula is C17H29NO2. The van der Waals surface area contributed by atoms with Gasteiger partial charge in [-0.2, -0.15) is 0 Å². The molecular weight excluding hydrogens is 250 g/mol. The molecule has 0 spiro atoms. The molecule has 0 amide bonds. The Labute approximate surface area is 123 Å². The van der Waals surface area contributed by atoms with E-state index in [-0.39, 0.29) is 12.5 Å². The highest BCUT2D eigenvalue weighted by atomic mass is 16.5. The van der Waals surface area contributed by atoms with Crippen LogP contribution in [0, 0.1) is 11.8 Å². The highest BCUT2D eigenvalue weighted by molar-refractivity contribution is 5.36. The number of aliphatic hydroxyl groups is 1. The van der Waals surface area contributed by atoms with Crippen molar-refractivity contribution in [2.75, 3.05) is 19.8 Å². The van der Waals surface area contributed by atoms with Gasteiger partial charge in [-0.1, -0.05) is 39.0 Å². The number of rotatable bonds is 9. The number of ether oxygens (including phenoxy) is 1. The summed E-state index contributed by atoms with van der Waals surface area (Å²) in [6, 6.07) is 8.24. The maximum Gasteiger partial charge on any atom is 0.122 e. The van der Waals surface area contributed by atoms with Crippen molar-refractivity contribution in [2.45, 2.75) is 39.5 Å². The Bertz CT molecular complexity index is 375. The van der Waals surface area contributed by atoms with Crippen LogP contribution in [0.25, 0.3) is 0 Å². The first-order valence-corrected chi connectivity index (χ1v) is 7.64. The largest absolute Gasteiger partial charge is 0.493 e. The summed E-state index contributed by atoms with van der Waals surface area (Å²) in [5.74, 6) is 2.04. The molecule has 1 aromatic carbocycles. The molecule has 3 N–H and O–H groups in total. The van der Waals surface area contributed by atoms with Gasteiger partial charge in [-0.15, -0.1) is 0 Å². The third-order valence-electron chi connectivity index (χ3n) is 3.63. The van der Waals surface area contributed by atoms with E-state index in [1.807, 2.05) is 12.1 Å². The summed E-state index contributed by atoms with van der Waals surface area (Å²) in [5.41, 5.74) is 6.95. The van der Waals surface area contributed by atoms with Crippen molar-refractivity contribution >= 4 is 0 Å². The molecule has 1 rings (SSSR count). The molecule has 2 atom stereocenters. The lowest BCUT2D eigenvalue weighted by atomic mass is 9.86. The van der Waals surface area contributed by atoms with E-state index < -0.39 is 0 Å². The minimum absolute atomic E-state index is 0.155. The second-order valence-electron chi connectivity index (χ2n) is 5.87. The summed E-state index contributed by atoms with van der Waals surface area (Å²) in [4.78, 5) is 0. The van der Waals surface area contributed by atoms with E-state index in [9.17, 15) is 5.11 Å². The molecule has 0 aliphatic carbocycles. The minimum Gasteiger partial charge on any atom is -0.493 e. The molecule has 0 heterocycles. The molecule has 0 aliphatic rings. The topological polar surface area (TPSA) is 55.5 Å². The Morgan fingerprint density at radius 2 is 1.95 bits per heavy atom. The highest BCUT2D eigenvalue weighted by Crippen LogP contribution is 2.33. The first-order valence-electron chi connectivity index (χ1n) is 7.64. The van der Waals surface area contributed by atoms with Crippen LogP contribution in [0.1, 0.15) is 45.1 Å². The van der Waals surface area contributed by atoms with Gasteiger partial charge in [0.2, 0.25) is 0 Å². The summed E-state index contributed by atoms with van der Waals surface area (Å²) in [7, 11) is 0. The van der Waals surface area contributed by atoms with Gasteiger partial charge in [0.1, 0.15) is 5.75 Å². The molecule has 3 nitrogen and oxygen atoms in total. The quantitative estimate of drug-likeness (QED) is 0.730. The summed E-state index contributed by atoms with van der Waals surface area (Å²) in [6.07, 6.45) is 1.93. The SMILES string of the molecule is CCC(CC(CN)CO)c1ccccc1OCC(C)C. The molecule has 0 fully saturated rings. The van der Waals surface area contributed by atoms with E-state index >= 15 is 0 Å². The van der Waals surface area contributed by atoms with Gasteiger partial charge in [-0.3, -0.25) is 0 Å². The first-order chi connectivity index (χ1) is 9.62. The van der Waals surface area contributed by atoms with E-state index in [1.165, 1.54) is 5.56 Å². The minimum atomic E-state index is 0.155. The fraction of sp³-hybridized carbons (Fsp3) is 0.647. The maximum absolute atomic E-state index is 9.35. The second-order valence-corrected chi connectivity index (χ2v) is 5.87. The lowest BCUT2D eigenvalue weighted by Gasteiger charge is -2.23. The van der Waals surface area contributed by atoms with Gasteiger partial charge in [0, 0.05) is 6.61 Å². The van der Waals surface area contributed by atoms with Gasteiger partial charge >= 0.3 is 0 Å². The van der Waals surface area contributed by atoms with Crippen molar-refractivity contribution in [3.63, 3.8) is 0 Å². The lowest BCUT2D eigenvalue weighted by Crippen LogP contribution is -2.21. The van der Waals surface area contributed by atoms with Gasteiger partial charge in [-0.25, -0.2) is 0 Å². The van der Waals surface area contributed by atoms with Crippen molar-refractivity contribution in [3.05, 3.63) is 29.8 Å². The van der Waals surface area contributed by atoms with Crippen LogP contribution >= 0.6 is 0 Å². The number of hydrogen-bond acceptors (Lipinski definition) is 3. The number of para-hydroxylation sites is 1. The van der Waals surface area contributed by atoms with Gasteiger partial charge in [0.05, 0.1) is 6.61 Å². The van der Waals surface area contributed by atoms with Crippen molar-refractivity contribution < 1.29 is 9.84 Å². The summed E-state index contributed by atoms with van der Waals surface area (Å²) < 4.78 is 5.94. The second kappa shape index (κ2) is 8.98. The van der Waals surface area contributed by atoms with Crippen LogP contribution in [0.5, 0.6) is 5.75 Å². The van der Waals surface area contributed by atoms with E-state index in [0.29, 0.717) is 18.4 Å². The van der Waals surface area contributed by atoms with Crippen LogP contribution in [0.15, 0.2) is 24.3 Å². The zero-order valence-electron chi connectivity index (χ0n) is 13.0. The standard InChI is InChI=1S/C17H29NO2/c1-4-15(9-14(10-18)11-19)16-7-5-6-8-17(16)20-12-13(2)3/h5-8,13-15,19H,4,9-12,18H2,1-3H3. The van der Waals surface area contributed by atoms with E-state index in [4.69, 9.17) is 10.5 Å². The third-order valence-corrected chi connectivity index (χ3v) is 3.63. The van der Waals surface area contributed by atoms with Crippen LogP contribution in [-0.4, -0.2) is 24.9 Å². The van der Waals surface area contributed by atoms with Gasteiger partial charge in [0.15, 0.2) is 0 Å². The number of benzene rings is 1. The summed E-state index contributed by atoms with van der Waals surface area (Å²) >= 11 is 0. The molecule has 0 saturated heterocycles. The molecule has 20 heavy (non-hydrogen) atoms. The monoisotopic (exact) mass is 279 g/mol. The molecule has 0 bridgehead atoms. The Balaban J connectivity index is 2.85. The molecule has 0 aliphatic heterocycles. The van der Waals surface area contributed by atoms with Crippen molar-refractivity contribution in [2.24, 2.45) is 17.6 Å². The maximum atomic E-state index is 9.35. The molecule has 3 heteroatoms. The van der Waals surface area contributed by atoms with Crippen molar-refractivity contribution in [3.8, 4) is 5.75 Å². The van der Waals surface area contributed by atoms with Gasteiger partial charge in [0.25, 0.3) is 0 Å². The van der Waals surface area contributed by atoms with E-state index in [1.54, 1.807) is 0 Å². The normalized spacial score (nSPS) is 14.3. The first kappa shape index (κ1) is 17.0. The smallest absolute Gasteiger partial charge is 0.122 e. The average Bonchev–Trinajstić information content (AvgIpc) is 2.47. The lowest BCUT2D eigenvalue weighted by molar-refractivity contribution is 0.213. The fourth-order valence-electron chi connectivity index (χ4n) is 2.37. The highest BCUT2D eigenvalue weighted by Gasteiger charge is 2.18. The fourth-order valence-corrected chi connectivity index (χ4v) is 2.37. The van der Waals surface area contributed by atoms with Crippen LogP contribution in [-0.2, 0) is 0 Å². The predicted molar refractivity (Wildman–Crippen MR) is 84.1 cm³/mol. The zero-order valence-corrected chi connectivity index (χ0v) is 13.0. The predicted octanol–water partition coefficient (Wildman–Crippen LogP) is 3.17. The van der Waals surface area contributed by atoms with Crippen LogP contribution in [0.2, 0.25) is 0 Å². The molecule has 114 valence electrons. The molecule has 0 saturated carbocycles. The molecule has 1 aromatic rings. The van der Waals surface area contributed by atoms with Gasteiger partial charge in [-0.05, 0) is 48.8 Å². The molecule has 0 radical (unpaired) electrons. The van der Waals surface area contributed by atoms with Crippen molar-refractivity contribution in [1.29, 1.82) is 0 Å². The van der Waals surface area contributed by atoms with Crippen LogP contribution in [0.3, 0.4) is 0 Å². The molecule has 0 aromatic heterocycles. The Hall–Kier alpha value is -1.06. The Morgan fingerprint density at radius 3 is 2.50 bits per heavy atom.